The van der Waals surface area contributed by atoms with Gasteiger partial charge in [-0.15, -0.1) is 0 Å². The Morgan fingerprint density at radius 2 is 2.16 bits per heavy atom. The highest BCUT2D eigenvalue weighted by Crippen LogP contribution is 2.27. The Morgan fingerprint density at radius 1 is 1.42 bits per heavy atom. The van der Waals surface area contributed by atoms with E-state index >= 15 is 0 Å². The van der Waals surface area contributed by atoms with E-state index in [1.807, 2.05) is 38.2 Å². The molecule has 0 N–H and O–H groups in total. The Kier molecular flexibility index (Phi) is 3.83. The van der Waals surface area contributed by atoms with E-state index in [1.54, 1.807) is 6.20 Å². The molecule has 1 aliphatic heterocycles. The number of aromatic nitrogens is 2. The van der Waals surface area contributed by atoms with Crippen LogP contribution in [0.2, 0.25) is 0 Å². The molecule has 0 radical (unpaired) electrons. The van der Waals surface area contributed by atoms with Gasteiger partial charge in [0.2, 0.25) is 0 Å². The van der Waals surface area contributed by atoms with Gasteiger partial charge >= 0.3 is 6.09 Å². The predicted octanol–water partition coefficient (Wildman–Crippen LogP) is 2.84. The molecule has 2 heterocycles. The van der Waals surface area contributed by atoms with Crippen LogP contribution in [0.15, 0.2) is 18.7 Å². The fourth-order valence-corrected chi connectivity index (χ4v) is 2.50. The van der Waals surface area contributed by atoms with Gasteiger partial charge in [0.15, 0.2) is 0 Å². The van der Waals surface area contributed by atoms with Crippen LogP contribution < -0.4 is 0 Å². The van der Waals surface area contributed by atoms with E-state index in [2.05, 4.69) is 16.5 Å². The van der Waals surface area contributed by atoms with E-state index in [-0.39, 0.29) is 12.1 Å². The van der Waals surface area contributed by atoms with E-state index in [4.69, 9.17) is 4.74 Å². The Bertz CT molecular complexity index is 422. The number of likely N-dealkylation sites (tertiary alicyclic amines) is 1. The van der Waals surface area contributed by atoms with Crippen molar-refractivity contribution in [1.29, 1.82) is 0 Å². The third-order valence-corrected chi connectivity index (χ3v) is 3.42. The summed E-state index contributed by atoms with van der Waals surface area (Å²) in [4.78, 5) is 18.0. The molecule has 0 aliphatic carbocycles. The van der Waals surface area contributed by atoms with Crippen LogP contribution in [0.4, 0.5) is 4.79 Å². The molecular weight excluding hydrogens is 242 g/mol. The molecule has 0 bridgehead atoms. The molecule has 0 spiro atoms. The molecule has 0 aromatic carbocycles. The van der Waals surface area contributed by atoms with Crippen LogP contribution >= 0.6 is 0 Å². The number of carbonyl (C=O) groups excluding carboxylic acids is 1. The van der Waals surface area contributed by atoms with Crippen LogP contribution in [0.25, 0.3) is 0 Å². The molecule has 5 heteroatoms. The van der Waals surface area contributed by atoms with Crippen molar-refractivity contribution in [1.82, 2.24) is 14.5 Å². The second-order valence-corrected chi connectivity index (χ2v) is 6.21. The van der Waals surface area contributed by atoms with Gasteiger partial charge in [0.25, 0.3) is 0 Å². The van der Waals surface area contributed by atoms with Gasteiger partial charge in [0, 0.05) is 31.0 Å². The summed E-state index contributed by atoms with van der Waals surface area (Å²) in [6, 6.07) is 0.618. The number of ether oxygens (including phenoxy) is 1. The van der Waals surface area contributed by atoms with E-state index in [1.165, 1.54) is 0 Å². The molecule has 2 rings (SSSR count). The first kappa shape index (κ1) is 13.9. The largest absolute Gasteiger partial charge is 0.444 e. The van der Waals surface area contributed by atoms with E-state index in [0.717, 1.165) is 19.4 Å². The minimum absolute atomic E-state index is 0.191. The smallest absolute Gasteiger partial charge is 0.410 e. The fraction of sp³-hybridized carbons (Fsp3) is 0.714. The van der Waals surface area contributed by atoms with Crippen LogP contribution in [-0.2, 0) is 4.74 Å². The van der Waals surface area contributed by atoms with Gasteiger partial charge in [-0.1, -0.05) is 0 Å². The van der Waals surface area contributed by atoms with Crippen molar-refractivity contribution in [2.45, 2.75) is 58.2 Å². The van der Waals surface area contributed by atoms with Crippen molar-refractivity contribution in [3.8, 4) is 0 Å². The maximum absolute atomic E-state index is 12.1. The summed E-state index contributed by atoms with van der Waals surface area (Å²) in [7, 11) is 0. The summed E-state index contributed by atoms with van der Waals surface area (Å²) < 4.78 is 7.57. The van der Waals surface area contributed by atoms with E-state index in [9.17, 15) is 4.79 Å². The predicted molar refractivity (Wildman–Crippen MR) is 72.9 cm³/mol. The lowest BCUT2D eigenvalue weighted by Crippen LogP contribution is -2.47. The molecule has 0 saturated carbocycles. The second kappa shape index (κ2) is 5.23. The molecule has 5 nitrogen and oxygen atoms in total. The van der Waals surface area contributed by atoms with Gasteiger partial charge in [-0.2, -0.15) is 0 Å². The van der Waals surface area contributed by atoms with Crippen molar-refractivity contribution in [2.24, 2.45) is 0 Å². The number of hydrogen-bond acceptors (Lipinski definition) is 3. The SMILES string of the molecule is CC1CC(n2ccnc2)CCN1C(=O)OC(C)(C)C. The minimum Gasteiger partial charge on any atom is -0.444 e. The van der Waals surface area contributed by atoms with Crippen LogP contribution in [0.3, 0.4) is 0 Å². The average Bonchev–Trinajstić information content (AvgIpc) is 2.79. The first-order valence-electron chi connectivity index (χ1n) is 6.84. The number of nitrogens with zero attached hydrogens (tertiary/aromatic N) is 3. The summed E-state index contributed by atoms with van der Waals surface area (Å²) >= 11 is 0. The van der Waals surface area contributed by atoms with Crippen LogP contribution in [-0.4, -0.2) is 38.7 Å². The molecule has 1 aromatic rings. The molecule has 106 valence electrons. The summed E-state index contributed by atoms with van der Waals surface area (Å²) in [5, 5.41) is 0. The monoisotopic (exact) mass is 265 g/mol. The van der Waals surface area contributed by atoms with Crippen molar-refractivity contribution in [3.63, 3.8) is 0 Å². The molecule has 1 aliphatic rings. The lowest BCUT2D eigenvalue weighted by atomic mass is 9.98. The number of rotatable bonds is 1. The highest BCUT2D eigenvalue weighted by molar-refractivity contribution is 5.68. The number of amides is 1. The topological polar surface area (TPSA) is 47.4 Å². The van der Waals surface area contributed by atoms with Crippen LogP contribution in [0, 0.1) is 0 Å². The molecule has 1 amide bonds. The van der Waals surface area contributed by atoms with Crippen LogP contribution in [0.5, 0.6) is 0 Å². The Balaban J connectivity index is 1.95. The molecule has 1 aromatic heterocycles. The van der Waals surface area contributed by atoms with Crippen LogP contribution in [0.1, 0.15) is 46.6 Å². The quantitative estimate of drug-likeness (QED) is 0.784. The van der Waals surface area contributed by atoms with Crippen molar-refractivity contribution in [2.75, 3.05) is 6.54 Å². The number of carbonyl (C=O) groups is 1. The maximum atomic E-state index is 12.1. The van der Waals surface area contributed by atoms with Crippen molar-refractivity contribution >= 4 is 6.09 Å². The third-order valence-electron chi connectivity index (χ3n) is 3.42. The zero-order valence-electron chi connectivity index (χ0n) is 12.2. The maximum Gasteiger partial charge on any atom is 0.410 e. The zero-order valence-corrected chi connectivity index (χ0v) is 12.2. The first-order valence-corrected chi connectivity index (χ1v) is 6.84. The van der Waals surface area contributed by atoms with E-state index in [0.29, 0.717) is 6.04 Å². The van der Waals surface area contributed by atoms with Gasteiger partial charge in [-0.3, -0.25) is 0 Å². The van der Waals surface area contributed by atoms with Gasteiger partial charge in [0.05, 0.1) is 6.33 Å². The zero-order chi connectivity index (χ0) is 14.0. The second-order valence-electron chi connectivity index (χ2n) is 6.21. The molecule has 1 saturated heterocycles. The molecule has 19 heavy (non-hydrogen) atoms. The number of hydrogen-bond donors (Lipinski definition) is 0. The Morgan fingerprint density at radius 3 is 2.68 bits per heavy atom. The van der Waals surface area contributed by atoms with E-state index < -0.39 is 5.60 Å². The summed E-state index contributed by atoms with van der Waals surface area (Å²) in [5.41, 5.74) is -0.433. The lowest BCUT2D eigenvalue weighted by molar-refractivity contribution is 0.00785. The highest BCUT2D eigenvalue weighted by atomic mass is 16.6. The summed E-state index contributed by atoms with van der Waals surface area (Å²) in [5.74, 6) is 0. The molecule has 2 atom stereocenters. The molecular formula is C14H23N3O2. The van der Waals surface area contributed by atoms with Gasteiger partial charge in [-0.05, 0) is 40.5 Å². The fourth-order valence-electron chi connectivity index (χ4n) is 2.50. The number of imidazole rings is 1. The summed E-state index contributed by atoms with van der Waals surface area (Å²) in [6.07, 6.45) is 7.31. The van der Waals surface area contributed by atoms with Gasteiger partial charge in [-0.25, -0.2) is 9.78 Å². The third kappa shape index (κ3) is 3.49. The lowest BCUT2D eigenvalue weighted by Gasteiger charge is -2.38. The standard InChI is InChI=1S/C14H23N3O2/c1-11-9-12(16-8-6-15-10-16)5-7-17(11)13(18)19-14(2,3)4/h6,8,10-12H,5,7,9H2,1-4H3. The Hall–Kier alpha value is -1.52. The molecule has 1 fully saturated rings. The normalized spacial score (nSPS) is 24.3. The van der Waals surface area contributed by atoms with Gasteiger partial charge < -0.3 is 14.2 Å². The highest BCUT2D eigenvalue weighted by Gasteiger charge is 2.32. The molecule has 2 unspecified atom stereocenters. The van der Waals surface area contributed by atoms with Gasteiger partial charge in [0.1, 0.15) is 5.60 Å². The summed E-state index contributed by atoms with van der Waals surface area (Å²) in [6.45, 7) is 8.50. The first-order chi connectivity index (χ1) is 8.87. The van der Waals surface area contributed by atoms with Crippen molar-refractivity contribution < 1.29 is 9.53 Å². The average molecular weight is 265 g/mol. The Labute approximate surface area is 114 Å². The van der Waals surface area contributed by atoms with Crippen molar-refractivity contribution in [3.05, 3.63) is 18.7 Å². The minimum atomic E-state index is -0.433. The number of piperidine rings is 1.